The minimum absolute atomic E-state index is 0.0472. The summed E-state index contributed by atoms with van der Waals surface area (Å²) >= 11 is 0. The Balaban J connectivity index is 2.65. The van der Waals surface area contributed by atoms with Crippen molar-refractivity contribution in [3.8, 4) is 5.75 Å². The smallest absolute Gasteiger partial charge is 0.394 e. The van der Waals surface area contributed by atoms with Crippen LogP contribution in [0.15, 0.2) is 17.7 Å². The van der Waals surface area contributed by atoms with Crippen molar-refractivity contribution in [3.05, 3.63) is 34.9 Å². The lowest BCUT2D eigenvalue weighted by atomic mass is 9.71. The Morgan fingerprint density at radius 3 is 2.36 bits per heavy atom. The van der Waals surface area contributed by atoms with E-state index in [4.69, 9.17) is 4.74 Å². The van der Waals surface area contributed by atoms with Crippen LogP contribution in [-0.2, 0) is 9.53 Å². The molecule has 0 saturated carbocycles. The largest absolute Gasteiger partial charge is 0.493 e. The second-order valence-electron chi connectivity index (χ2n) is 6.13. The van der Waals surface area contributed by atoms with Gasteiger partial charge in [0.05, 0.1) is 19.6 Å². The highest BCUT2D eigenvalue weighted by Crippen LogP contribution is 2.52. The number of methoxy groups -OCH3 is 2. The summed E-state index contributed by atoms with van der Waals surface area (Å²) in [5.41, 5.74) is -2.10. The molecule has 25 heavy (non-hydrogen) atoms. The third kappa shape index (κ3) is 3.34. The molecular formula is C17H17F5O3. The average Bonchev–Trinajstić information content (AvgIpc) is 2.55. The summed E-state index contributed by atoms with van der Waals surface area (Å²) in [6.07, 6.45) is -5.58. The van der Waals surface area contributed by atoms with Crippen molar-refractivity contribution in [3.63, 3.8) is 0 Å². The molecule has 0 heterocycles. The number of rotatable bonds is 3. The average molecular weight is 364 g/mol. The van der Waals surface area contributed by atoms with Gasteiger partial charge in [-0.25, -0.2) is 9.18 Å². The molecule has 0 saturated heterocycles. The third-order valence-electron chi connectivity index (χ3n) is 4.55. The summed E-state index contributed by atoms with van der Waals surface area (Å²) < 4.78 is 76.9. The van der Waals surface area contributed by atoms with E-state index in [0.717, 1.165) is 27.2 Å². The highest BCUT2D eigenvalue weighted by molar-refractivity contribution is 5.99. The summed E-state index contributed by atoms with van der Waals surface area (Å²) in [6.45, 7) is 1.02. The summed E-state index contributed by atoms with van der Waals surface area (Å²) in [5.74, 6) is -3.80. The molecule has 0 amide bonds. The zero-order valence-electron chi connectivity index (χ0n) is 13.9. The molecule has 1 aliphatic carbocycles. The van der Waals surface area contributed by atoms with Crippen LogP contribution in [0.2, 0.25) is 0 Å². The van der Waals surface area contributed by atoms with E-state index in [1.54, 1.807) is 0 Å². The first kappa shape index (κ1) is 19.2. The Hall–Kier alpha value is -2.12. The number of halogens is 5. The number of esters is 1. The molecule has 138 valence electrons. The lowest BCUT2D eigenvalue weighted by Gasteiger charge is -2.37. The van der Waals surface area contributed by atoms with E-state index in [1.807, 2.05) is 0 Å². The van der Waals surface area contributed by atoms with E-state index in [9.17, 15) is 26.7 Å². The molecule has 0 bridgehead atoms. The third-order valence-corrected chi connectivity index (χ3v) is 4.55. The summed E-state index contributed by atoms with van der Waals surface area (Å²) in [5, 5.41) is 0. The van der Waals surface area contributed by atoms with Crippen molar-refractivity contribution in [2.45, 2.75) is 32.4 Å². The van der Waals surface area contributed by atoms with Gasteiger partial charge in [0.15, 0.2) is 11.6 Å². The number of ether oxygens (including phenoxy) is 2. The van der Waals surface area contributed by atoms with Gasteiger partial charge >= 0.3 is 12.1 Å². The van der Waals surface area contributed by atoms with Crippen molar-refractivity contribution in [2.24, 2.45) is 5.41 Å². The van der Waals surface area contributed by atoms with E-state index in [2.05, 4.69) is 4.74 Å². The Morgan fingerprint density at radius 1 is 1.20 bits per heavy atom. The van der Waals surface area contributed by atoms with E-state index >= 15 is 0 Å². The van der Waals surface area contributed by atoms with Crippen LogP contribution in [0.25, 0.3) is 5.57 Å². The molecule has 0 radical (unpaired) electrons. The van der Waals surface area contributed by atoms with Crippen molar-refractivity contribution in [2.75, 3.05) is 14.2 Å². The lowest BCUT2D eigenvalue weighted by molar-refractivity contribution is -0.220. The molecule has 0 fully saturated rings. The van der Waals surface area contributed by atoms with Gasteiger partial charge in [0, 0.05) is 11.1 Å². The Bertz CT molecular complexity index is 724. The van der Waals surface area contributed by atoms with Gasteiger partial charge in [-0.05, 0) is 37.0 Å². The van der Waals surface area contributed by atoms with E-state index in [-0.39, 0.29) is 29.6 Å². The van der Waals surface area contributed by atoms with Crippen molar-refractivity contribution in [1.82, 2.24) is 0 Å². The van der Waals surface area contributed by atoms with Gasteiger partial charge in [0.2, 0.25) is 5.82 Å². The zero-order chi connectivity index (χ0) is 19.0. The number of allylic oxidation sites excluding steroid dienone is 1. The standard InChI is InChI=1S/C17H17F5O3/c1-16(17(20,21)22)7-6-9(11(8-16)15(23)25-3)10-4-5-12(18)13(19)14(10)24-2/h4-5H,6-8H2,1-3H3/t16-/m1/s1. The van der Waals surface area contributed by atoms with Gasteiger partial charge in [-0.1, -0.05) is 6.92 Å². The maximum absolute atomic E-state index is 14.0. The van der Waals surface area contributed by atoms with Gasteiger partial charge in [-0.3, -0.25) is 0 Å². The van der Waals surface area contributed by atoms with Crippen LogP contribution in [0.1, 0.15) is 31.7 Å². The van der Waals surface area contributed by atoms with Crippen molar-refractivity contribution in [1.29, 1.82) is 0 Å². The number of benzene rings is 1. The fourth-order valence-corrected chi connectivity index (χ4v) is 2.96. The number of carbonyl (C=O) groups is 1. The first-order chi connectivity index (χ1) is 11.6. The minimum Gasteiger partial charge on any atom is -0.493 e. The minimum atomic E-state index is -4.52. The lowest BCUT2D eigenvalue weighted by Crippen LogP contribution is -2.38. The number of hydrogen-bond donors (Lipinski definition) is 0. The number of alkyl halides is 3. The van der Waals surface area contributed by atoms with E-state index < -0.39 is 41.4 Å². The van der Waals surface area contributed by atoms with Crippen LogP contribution in [-0.4, -0.2) is 26.4 Å². The highest BCUT2D eigenvalue weighted by Gasteiger charge is 2.53. The molecule has 1 aromatic carbocycles. The molecule has 0 spiro atoms. The van der Waals surface area contributed by atoms with Gasteiger partial charge in [-0.15, -0.1) is 0 Å². The fourth-order valence-electron chi connectivity index (χ4n) is 2.96. The van der Waals surface area contributed by atoms with Crippen LogP contribution in [0, 0.1) is 17.0 Å². The van der Waals surface area contributed by atoms with Gasteiger partial charge < -0.3 is 9.47 Å². The second kappa shape index (κ2) is 6.65. The summed E-state index contributed by atoms with van der Waals surface area (Å²) in [7, 11) is 2.16. The highest BCUT2D eigenvalue weighted by atomic mass is 19.4. The topological polar surface area (TPSA) is 35.5 Å². The molecule has 0 unspecified atom stereocenters. The quantitative estimate of drug-likeness (QED) is 0.578. The van der Waals surface area contributed by atoms with Crippen molar-refractivity contribution < 1.29 is 36.2 Å². The predicted molar refractivity (Wildman–Crippen MR) is 79.9 cm³/mol. The molecule has 0 aromatic heterocycles. The predicted octanol–water partition coefficient (Wildman–Crippen LogP) is 4.65. The summed E-state index contributed by atoms with van der Waals surface area (Å²) in [6, 6.07) is 2.03. The monoisotopic (exact) mass is 364 g/mol. The Morgan fingerprint density at radius 2 is 1.84 bits per heavy atom. The van der Waals surface area contributed by atoms with Crippen molar-refractivity contribution >= 4 is 11.5 Å². The van der Waals surface area contributed by atoms with Crippen LogP contribution in [0.5, 0.6) is 5.75 Å². The number of hydrogen-bond acceptors (Lipinski definition) is 3. The molecule has 0 N–H and O–H groups in total. The molecule has 1 aliphatic rings. The van der Waals surface area contributed by atoms with Crippen LogP contribution >= 0.6 is 0 Å². The van der Waals surface area contributed by atoms with E-state index in [1.165, 1.54) is 6.07 Å². The first-order valence-electron chi connectivity index (χ1n) is 7.45. The van der Waals surface area contributed by atoms with Crippen LogP contribution < -0.4 is 4.74 Å². The zero-order valence-corrected chi connectivity index (χ0v) is 13.9. The molecule has 3 nitrogen and oxygen atoms in total. The first-order valence-corrected chi connectivity index (χ1v) is 7.45. The maximum atomic E-state index is 14.0. The molecule has 2 rings (SSSR count). The van der Waals surface area contributed by atoms with Crippen LogP contribution in [0.3, 0.4) is 0 Å². The molecular weight excluding hydrogens is 347 g/mol. The Labute approximate surface area is 141 Å². The SMILES string of the molecule is COC(=O)C1=C(c2ccc(F)c(F)c2OC)CC[C@@](C)(C(F)(F)F)C1. The van der Waals surface area contributed by atoms with Gasteiger partial charge in [0.25, 0.3) is 0 Å². The normalized spacial score (nSPS) is 21.3. The molecule has 1 aromatic rings. The molecule has 1 atom stereocenters. The molecule has 8 heteroatoms. The van der Waals surface area contributed by atoms with Gasteiger partial charge in [0.1, 0.15) is 0 Å². The summed E-state index contributed by atoms with van der Waals surface area (Å²) in [4.78, 5) is 12.1. The Kier molecular flexibility index (Phi) is 5.11. The fraction of sp³-hybridized carbons (Fsp3) is 0.471. The van der Waals surface area contributed by atoms with Gasteiger partial charge in [-0.2, -0.15) is 17.6 Å². The number of carbonyl (C=O) groups excluding carboxylic acids is 1. The molecule has 0 aliphatic heterocycles. The van der Waals surface area contributed by atoms with Crippen LogP contribution in [0.4, 0.5) is 22.0 Å². The second-order valence-corrected chi connectivity index (χ2v) is 6.13. The van der Waals surface area contributed by atoms with E-state index in [0.29, 0.717) is 0 Å². The maximum Gasteiger partial charge on any atom is 0.394 e.